The summed E-state index contributed by atoms with van der Waals surface area (Å²) in [6, 6.07) is 0. The van der Waals surface area contributed by atoms with Crippen LogP contribution in [-0.4, -0.2) is 81.5 Å². The summed E-state index contributed by atoms with van der Waals surface area (Å²) in [4.78, 5) is 37.2. The van der Waals surface area contributed by atoms with Gasteiger partial charge in [-0.05, 0) is 26.8 Å². The number of hydrogen-bond acceptors (Lipinski definition) is 10. The summed E-state index contributed by atoms with van der Waals surface area (Å²) < 4.78 is 29.3. The molecule has 4 fully saturated rings. The van der Waals surface area contributed by atoms with Crippen LogP contribution >= 0.6 is 0 Å². The van der Waals surface area contributed by atoms with E-state index in [1.54, 1.807) is 26.8 Å². The molecule has 0 aromatic heterocycles. The molecular weight excluding hydrogens is 448 g/mol. The van der Waals surface area contributed by atoms with E-state index in [4.69, 9.17) is 23.7 Å². The SMILES string of the molecule is CC(=O)OC1CC(C)=CC2OC(=O)C3(C)OC23C(OC(C)=O)C2C3(C)OC3CC(O)C2(C)C1O. The van der Waals surface area contributed by atoms with Crippen LogP contribution in [0.15, 0.2) is 11.6 Å². The fraction of sp³-hybridized carbons (Fsp3) is 0.792. The van der Waals surface area contributed by atoms with Crippen LogP contribution in [-0.2, 0) is 38.1 Å². The minimum atomic E-state index is -1.36. The number of aliphatic hydroxyl groups is 2. The smallest absolute Gasteiger partial charge is 0.342 e. The Morgan fingerprint density at radius 1 is 1.12 bits per heavy atom. The molecule has 10 heteroatoms. The molecule has 5 aliphatic rings. The first kappa shape index (κ1) is 23.7. The predicted molar refractivity (Wildman–Crippen MR) is 113 cm³/mol. The average Bonchev–Trinajstić information content (AvgIpc) is 3.55. The molecule has 2 N–H and O–H groups in total. The van der Waals surface area contributed by atoms with E-state index >= 15 is 0 Å². The zero-order chi connectivity index (χ0) is 25.0. The topological polar surface area (TPSA) is 144 Å². The second kappa shape index (κ2) is 7.02. The lowest BCUT2D eigenvalue weighted by atomic mass is 9.53. The fourth-order valence-electron chi connectivity index (χ4n) is 6.98. The third-order valence-electron chi connectivity index (χ3n) is 8.83. The first-order chi connectivity index (χ1) is 15.7. The van der Waals surface area contributed by atoms with Crippen molar-refractivity contribution in [2.24, 2.45) is 11.3 Å². The molecule has 1 saturated carbocycles. The van der Waals surface area contributed by atoms with Gasteiger partial charge in [-0.15, -0.1) is 0 Å². The zero-order valence-electron chi connectivity index (χ0n) is 20.2. The largest absolute Gasteiger partial charge is 0.459 e. The molecule has 34 heavy (non-hydrogen) atoms. The summed E-state index contributed by atoms with van der Waals surface area (Å²) in [5, 5.41) is 23.1. The van der Waals surface area contributed by atoms with E-state index in [0.717, 1.165) is 0 Å². The highest BCUT2D eigenvalue weighted by Crippen LogP contribution is 2.69. The number of ether oxygens (including phenoxy) is 5. The van der Waals surface area contributed by atoms with Crippen molar-refractivity contribution in [3.05, 3.63) is 11.6 Å². The molecule has 0 aromatic rings. The molecule has 0 bridgehead atoms. The molecule has 188 valence electrons. The molecule has 5 rings (SSSR count). The lowest BCUT2D eigenvalue weighted by Gasteiger charge is -2.53. The maximum atomic E-state index is 12.9. The number of aliphatic hydroxyl groups excluding tert-OH is 2. The summed E-state index contributed by atoms with van der Waals surface area (Å²) in [7, 11) is 0. The lowest BCUT2D eigenvalue weighted by Crippen LogP contribution is -2.67. The van der Waals surface area contributed by atoms with E-state index < -0.39 is 76.6 Å². The van der Waals surface area contributed by atoms with Crippen LogP contribution in [0.1, 0.15) is 54.4 Å². The van der Waals surface area contributed by atoms with Gasteiger partial charge in [0.2, 0.25) is 0 Å². The first-order valence-electron chi connectivity index (χ1n) is 11.7. The zero-order valence-corrected chi connectivity index (χ0v) is 20.2. The monoisotopic (exact) mass is 480 g/mol. The van der Waals surface area contributed by atoms with Crippen molar-refractivity contribution < 1.29 is 48.3 Å². The first-order valence-corrected chi connectivity index (χ1v) is 11.7. The molecule has 11 unspecified atom stereocenters. The van der Waals surface area contributed by atoms with Gasteiger partial charge in [0.1, 0.15) is 12.2 Å². The summed E-state index contributed by atoms with van der Waals surface area (Å²) in [6.45, 7) is 9.40. The second-order valence-electron chi connectivity index (χ2n) is 11.0. The van der Waals surface area contributed by atoms with Crippen molar-refractivity contribution in [1.82, 2.24) is 0 Å². The number of rotatable bonds is 2. The Morgan fingerprint density at radius 3 is 2.35 bits per heavy atom. The summed E-state index contributed by atoms with van der Waals surface area (Å²) in [6.07, 6.45) is -3.63. The van der Waals surface area contributed by atoms with Crippen LogP contribution in [0.25, 0.3) is 0 Å². The summed E-state index contributed by atoms with van der Waals surface area (Å²) in [5.74, 6) is -2.57. The Labute approximate surface area is 197 Å². The van der Waals surface area contributed by atoms with Gasteiger partial charge in [0, 0.05) is 38.0 Å². The van der Waals surface area contributed by atoms with Crippen LogP contribution in [0.4, 0.5) is 0 Å². The van der Waals surface area contributed by atoms with Crippen molar-refractivity contribution >= 4 is 17.9 Å². The van der Waals surface area contributed by atoms with Crippen molar-refractivity contribution in [1.29, 1.82) is 0 Å². The Hall–Kier alpha value is -2.01. The van der Waals surface area contributed by atoms with Crippen LogP contribution in [0, 0.1) is 11.3 Å². The van der Waals surface area contributed by atoms with Gasteiger partial charge in [0.25, 0.3) is 0 Å². The van der Waals surface area contributed by atoms with E-state index in [1.165, 1.54) is 13.8 Å². The van der Waals surface area contributed by atoms with Gasteiger partial charge in [-0.1, -0.05) is 12.5 Å². The van der Waals surface area contributed by atoms with Crippen molar-refractivity contribution in [2.75, 3.05) is 0 Å². The van der Waals surface area contributed by atoms with E-state index in [-0.39, 0.29) is 18.9 Å². The van der Waals surface area contributed by atoms with Crippen LogP contribution < -0.4 is 0 Å². The van der Waals surface area contributed by atoms with Crippen LogP contribution in [0.3, 0.4) is 0 Å². The number of epoxide rings is 2. The van der Waals surface area contributed by atoms with Gasteiger partial charge >= 0.3 is 17.9 Å². The third kappa shape index (κ3) is 2.85. The van der Waals surface area contributed by atoms with Gasteiger partial charge in [0.15, 0.2) is 17.3 Å². The van der Waals surface area contributed by atoms with Crippen molar-refractivity contribution in [3.63, 3.8) is 0 Å². The standard InChI is InChI=1S/C24H32O10/c1-10-7-13(30-11(2)25)18(28)21(4)14(27)9-15-22(5,33-15)17(21)19(31-12(3)26)24-16(8-10)32-20(29)23(24,6)34-24/h8,13-19,27-28H,7,9H2,1-6H3. The van der Waals surface area contributed by atoms with Gasteiger partial charge in [0.05, 0.1) is 23.9 Å². The maximum absolute atomic E-state index is 12.9. The highest BCUT2D eigenvalue weighted by Gasteiger charge is 2.89. The molecule has 0 aromatic carbocycles. The summed E-state index contributed by atoms with van der Waals surface area (Å²) >= 11 is 0. The highest BCUT2D eigenvalue weighted by molar-refractivity contribution is 5.89. The van der Waals surface area contributed by atoms with Crippen LogP contribution in [0.5, 0.6) is 0 Å². The predicted octanol–water partition coefficient (Wildman–Crippen LogP) is 0.558. The van der Waals surface area contributed by atoms with Gasteiger partial charge in [-0.25, -0.2) is 4.79 Å². The normalized spacial score (nSPS) is 53.1. The number of carbonyl (C=O) groups is 3. The van der Waals surface area contributed by atoms with E-state index in [0.29, 0.717) is 5.57 Å². The Bertz CT molecular complexity index is 992. The lowest BCUT2D eigenvalue weighted by molar-refractivity contribution is -0.212. The molecule has 3 heterocycles. The van der Waals surface area contributed by atoms with Crippen molar-refractivity contribution in [3.8, 4) is 0 Å². The molecule has 0 amide bonds. The molecule has 11 atom stereocenters. The molecule has 10 nitrogen and oxygen atoms in total. The Balaban J connectivity index is 1.75. The van der Waals surface area contributed by atoms with Gasteiger partial charge in [-0.3, -0.25) is 9.59 Å². The van der Waals surface area contributed by atoms with Crippen LogP contribution in [0.2, 0.25) is 0 Å². The quantitative estimate of drug-likeness (QED) is 0.249. The second-order valence-corrected chi connectivity index (χ2v) is 11.0. The highest BCUT2D eigenvalue weighted by atomic mass is 16.7. The molecule has 1 spiro atoms. The van der Waals surface area contributed by atoms with E-state index in [9.17, 15) is 24.6 Å². The maximum Gasteiger partial charge on any atom is 0.342 e. The minimum absolute atomic E-state index is 0.149. The Kier molecular flexibility index (Phi) is 4.90. The fourth-order valence-corrected chi connectivity index (χ4v) is 6.98. The van der Waals surface area contributed by atoms with E-state index in [2.05, 4.69) is 0 Å². The molecule has 2 aliphatic carbocycles. The number of carbonyl (C=O) groups excluding carboxylic acids is 3. The minimum Gasteiger partial charge on any atom is -0.459 e. The number of esters is 3. The molecule has 3 saturated heterocycles. The Morgan fingerprint density at radius 2 is 1.76 bits per heavy atom. The summed E-state index contributed by atoms with van der Waals surface area (Å²) in [5.41, 5.74) is -4.27. The van der Waals surface area contributed by atoms with Crippen molar-refractivity contribution in [2.45, 2.75) is 108 Å². The van der Waals surface area contributed by atoms with E-state index in [1.807, 2.05) is 6.92 Å². The van der Waals surface area contributed by atoms with Gasteiger partial charge in [-0.2, -0.15) is 0 Å². The number of fused-ring (bicyclic) bond motifs is 3. The number of hydrogen-bond donors (Lipinski definition) is 2. The average molecular weight is 481 g/mol. The third-order valence-corrected chi connectivity index (χ3v) is 8.83. The van der Waals surface area contributed by atoms with Gasteiger partial charge < -0.3 is 33.9 Å². The molecule has 3 aliphatic heterocycles. The molecule has 0 radical (unpaired) electrons. The molecular formula is C24H32O10.